The molecule has 0 aromatic heterocycles. The summed E-state index contributed by atoms with van der Waals surface area (Å²) in [7, 11) is 0. The summed E-state index contributed by atoms with van der Waals surface area (Å²) in [6, 6.07) is 16.8. The maximum Gasteiger partial charge on any atom is 0.337 e. The molecular weight excluding hydrogens is 463 g/mol. The van der Waals surface area contributed by atoms with Crippen LogP contribution in [0.15, 0.2) is 66.1 Å². The number of carboxylic acids is 1. The first-order valence-electron chi connectivity index (χ1n) is 10.0. The highest BCUT2D eigenvalue weighted by Crippen LogP contribution is 2.33. The molecule has 2 N–H and O–H groups in total. The van der Waals surface area contributed by atoms with E-state index in [9.17, 15) is 15.2 Å². The van der Waals surface area contributed by atoms with Crippen LogP contribution < -0.4 is 5.32 Å². The molecule has 0 radical (unpaired) electrons. The van der Waals surface area contributed by atoms with Gasteiger partial charge in [-0.25, -0.2) is 4.79 Å². The van der Waals surface area contributed by atoms with Gasteiger partial charge in [-0.15, -0.1) is 18.3 Å². The minimum atomic E-state index is -1.03. The summed E-state index contributed by atoms with van der Waals surface area (Å²) < 4.78 is 0. The van der Waals surface area contributed by atoms with Gasteiger partial charge in [0, 0.05) is 23.7 Å². The summed E-state index contributed by atoms with van der Waals surface area (Å²) >= 11 is 13.6. The van der Waals surface area contributed by atoms with E-state index in [0.29, 0.717) is 44.7 Å². The topological polar surface area (TPSA) is 73.1 Å². The van der Waals surface area contributed by atoms with E-state index in [2.05, 4.69) is 18.0 Å². The average Bonchev–Trinajstić information content (AvgIpc) is 2.79. The first kappa shape index (κ1) is 24.2. The second-order valence-electron chi connectivity index (χ2n) is 7.21. The average molecular weight is 485 g/mol. The Morgan fingerprint density at radius 2 is 2.00 bits per heavy atom. The lowest BCUT2D eigenvalue weighted by atomic mass is 9.95. The summed E-state index contributed by atoms with van der Waals surface area (Å²) in [4.78, 5) is 12.5. The lowest BCUT2D eigenvalue weighted by molar-refractivity contribution is 0.0695. The van der Waals surface area contributed by atoms with Crippen molar-refractivity contribution in [1.82, 2.24) is 5.32 Å². The Bertz CT molecular complexity index is 1190. The molecule has 0 amide bonds. The molecule has 3 rings (SSSR count). The fourth-order valence-electron chi connectivity index (χ4n) is 3.58. The number of hydrogen-bond donors (Lipinski definition) is 2. The summed E-state index contributed by atoms with van der Waals surface area (Å²) in [6.07, 6.45) is 2.65. The van der Waals surface area contributed by atoms with Crippen LogP contribution in [0.25, 0.3) is 10.8 Å². The van der Waals surface area contributed by atoms with Gasteiger partial charge >= 0.3 is 5.97 Å². The number of halogens is 2. The minimum Gasteiger partial charge on any atom is -0.478 e. The third kappa shape index (κ3) is 5.65. The molecule has 0 spiro atoms. The third-order valence-electron chi connectivity index (χ3n) is 5.12. The molecule has 7 heteroatoms. The van der Waals surface area contributed by atoms with Crippen molar-refractivity contribution in [1.29, 1.82) is 5.26 Å². The number of nitrogens with one attached hydrogen (secondary N) is 1. The number of nitriles is 1. The highest BCUT2D eigenvalue weighted by atomic mass is 35.5. The van der Waals surface area contributed by atoms with Gasteiger partial charge in [0.15, 0.2) is 0 Å². The fourth-order valence-corrected chi connectivity index (χ4v) is 4.94. The standard InChI is InChI=1S/C25H22Cl2N2O2S/c1-2-5-18(16-8-9-21(26)22(27)13-16)15-29-10-11-32-24-19(14-28)12-17-6-3-4-7-20(17)23(24)25(30)31/h2-4,6-9,12-13,18,29H,1,5,10-11,15H2,(H,30,31)/t18-/m1/s1. The van der Waals surface area contributed by atoms with Crippen LogP contribution in [0.3, 0.4) is 0 Å². The number of carbonyl (C=O) groups is 1. The van der Waals surface area contributed by atoms with E-state index >= 15 is 0 Å². The number of carboxylic acid groups (broad SMARTS) is 1. The van der Waals surface area contributed by atoms with Crippen molar-refractivity contribution in [3.05, 3.63) is 87.9 Å². The van der Waals surface area contributed by atoms with Crippen molar-refractivity contribution in [3.63, 3.8) is 0 Å². The molecule has 0 saturated carbocycles. The highest BCUT2D eigenvalue weighted by Gasteiger charge is 2.19. The summed E-state index contributed by atoms with van der Waals surface area (Å²) in [6.45, 7) is 5.20. The maximum absolute atomic E-state index is 12.0. The summed E-state index contributed by atoms with van der Waals surface area (Å²) in [5.41, 5.74) is 1.64. The van der Waals surface area contributed by atoms with Gasteiger partial charge in [0.05, 0.1) is 21.2 Å². The molecule has 4 nitrogen and oxygen atoms in total. The number of allylic oxidation sites excluding steroid dienone is 1. The lowest BCUT2D eigenvalue weighted by Gasteiger charge is -2.17. The lowest BCUT2D eigenvalue weighted by Crippen LogP contribution is -2.24. The van der Waals surface area contributed by atoms with Gasteiger partial charge in [-0.05, 0) is 46.9 Å². The maximum atomic E-state index is 12.0. The van der Waals surface area contributed by atoms with Crippen molar-refractivity contribution < 1.29 is 9.90 Å². The normalized spacial score (nSPS) is 11.8. The molecule has 32 heavy (non-hydrogen) atoms. The van der Waals surface area contributed by atoms with Gasteiger partial charge < -0.3 is 10.4 Å². The second kappa shape index (κ2) is 11.4. The van der Waals surface area contributed by atoms with E-state index in [-0.39, 0.29) is 11.5 Å². The van der Waals surface area contributed by atoms with Crippen molar-refractivity contribution in [2.45, 2.75) is 17.2 Å². The number of benzene rings is 3. The molecule has 0 heterocycles. The Balaban J connectivity index is 1.69. The SMILES string of the molecule is C=CC[C@H](CNCCSc1c(C#N)cc2ccccc2c1C(=O)O)c1ccc(Cl)c(Cl)c1. The van der Waals surface area contributed by atoms with Gasteiger partial charge in [-0.3, -0.25) is 0 Å². The predicted octanol–water partition coefficient (Wildman–Crippen LogP) is 6.76. The molecule has 3 aromatic carbocycles. The zero-order valence-electron chi connectivity index (χ0n) is 17.3. The quantitative estimate of drug-likeness (QED) is 0.189. The molecule has 164 valence electrons. The van der Waals surface area contributed by atoms with Crippen LogP contribution in [0, 0.1) is 11.3 Å². The molecule has 0 aliphatic carbocycles. The van der Waals surface area contributed by atoms with Crippen LogP contribution in [0.1, 0.15) is 33.8 Å². The van der Waals surface area contributed by atoms with Crippen LogP contribution in [-0.4, -0.2) is 29.9 Å². The van der Waals surface area contributed by atoms with Crippen LogP contribution in [0.2, 0.25) is 10.0 Å². The first-order chi connectivity index (χ1) is 15.5. The number of aromatic carboxylic acids is 1. The molecule has 0 aliphatic rings. The van der Waals surface area contributed by atoms with E-state index in [1.807, 2.05) is 30.3 Å². The molecular formula is C25H22Cl2N2O2S. The van der Waals surface area contributed by atoms with Crippen molar-refractivity contribution in [3.8, 4) is 6.07 Å². The van der Waals surface area contributed by atoms with E-state index in [0.717, 1.165) is 17.4 Å². The largest absolute Gasteiger partial charge is 0.478 e. The van der Waals surface area contributed by atoms with Crippen molar-refractivity contribution in [2.24, 2.45) is 0 Å². The monoisotopic (exact) mass is 484 g/mol. The van der Waals surface area contributed by atoms with E-state index in [1.54, 1.807) is 24.3 Å². The molecule has 3 aromatic rings. The Morgan fingerprint density at radius 1 is 1.22 bits per heavy atom. The van der Waals surface area contributed by atoms with E-state index in [4.69, 9.17) is 23.2 Å². The van der Waals surface area contributed by atoms with Gasteiger partial charge in [0.2, 0.25) is 0 Å². The third-order valence-corrected chi connectivity index (χ3v) is 6.98. The van der Waals surface area contributed by atoms with E-state index in [1.165, 1.54) is 11.8 Å². The van der Waals surface area contributed by atoms with Gasteiger partial charge in [0.1, 0.15) is 6.07 Å². The molecule has 0 fully saturated rings. The summed E-state index contributed by atoms with van der Waals surface area (Å²) in [5, 5.41) is 25.3. The Kier molecular flexibility index (Phi) is 8.60. The summed E-state index contributed by atoms with van der Waals surface area (Å²) in [5.74, 6) is -0.216. The number of rotatable bonds is 10. The Hall–Kier alpha value is -2.49. The van der Waals surface area contributed by atoms with Crippen LogP contribution in [0.5, 0.6) is 0 Å². The molecule has 0 saturated heterocycles. The second-order valence-corrected chi connectivity index (χ2v) is 9.13. The zero-order chi connectivity index (χ0) is 23.1. The molecule has 1 atom stereocenters. The van der Waals surface area contributed by atoms with Crippen molar-refractivity contribution >= 4 is 51.7 Å². The first-order valence-corrected chi connectivity index (χ1v) is 11.8. The minimum absolute atomic E-state index is 0.185. The predicted molar refractivity (Wildman–Crippen MR) is 133 cm³/mol. The Labute approximate surface area is 201 Å². The number of fused-ring (bicyclic) bond motifs is 1. The Morgan fingerprint density at radius 3 is 2.69 bits per heavy atom. The smallest absolute Gasteiger partial charge is 0.337 e. The number of hydrogen-bond acceptors (Lipinski definition) is 4. The number of thioether (sulfide) groups is 1. The van der Waals surface area contributed by atoms with Crippen LogP contribution >= 0.6 is 35.0 Å². The molecule has 0 unspecified atom stereocenters. The molecule has 0 bridgehead atoms. The fraction of sp³-hybridized carbons (Fsp3) is 0.200. The zero-order valence-corrected chi connectivity index (χ0v) is 19.6. The van der Waals surface area contributed by atoms with Crippen LogP contribution in [0.4, 0.5) is 0 Å². The van der Waals surface area contributed by atoms with Crippen molar-refractivity contribution in [2.75, 3.05) is 18.8 Å². The van der Waals surface area contributed by atoms with Gasteiger partial charge in [0.25, 0.3) is 0 Å². The van der Waals surface area contributed by atoms with Crippen LogP contribution in [-0.2, 0) is 0 Å². The highest BCUT2D eigenvalue weighted by molar-refractivity contribution is 7.99. The van der Waals surface area contributed by atoms with Gasteiger partial charge in [-0.1, -0.05) is 59.6 Å². The molecule has 0 aliphatic heterocycles. The number of nitrogens with zero attached hydrogens (tertiary/aromatic N) is 1. The van der Waals surface area contributed by atoms with E-state index < -0.39 is 5.97 Å². The van der Waals surface area contributed by atoms with Gasteiger partial charge in [-0.2, -0.15) is 5.26 Å².